The molecule has 1 aliphatic carbocycles. The number of carbonyl (C=O) groups is 1. The Kier molecular flexibility index (Phi) is 4.86. The van der Waals surface area contributed by atoms with Gasteiger partial charge >= 0.3 is 0 Å². The lowest BCUT2D eigenvalue weighted by molar-refractivity contribution is 0.0748. The number of alkyl halides is 1. The lowest BCUT2D eigenvalue weighted by Gasteiger charge is -2.34. The highest BCUT2D eigenvalue weighted by Crippen LogP contribution is 2.33. The number of hydrogen-bond acceptors (Lipinski definition) is 2. The van der Waals surface area contributed by atoms with Gasteiger partial charge in [-0.1, -0.05) is 15.9 Å². The standard InChI is InChI=1S/C15H20BrNO2/c1-3-19-14-6-4-12(5-7-14)15(18)17(2)10-11-8-13(16)9-11/h4-7,11,13H,3,8-10H2,1-2H3. The fourth-order valence-corrected chi connectivity index (χ4v) is 3.41. The molecule has 0 aliphatic heterocycles. The van der Waals surface area contributed by atoms with Gasteiger partial charge in [0, 0.05) is 24.0 Å². The van der Waals surface area contributed by atoms with Gasteiger partial charge in [-0.05, 0) is 49.9 Å². The number of ether oxygens (including phenoxy) is 1. The molecule has 4 heteroatoms. The smallest absolute Gasteiger partial charge is 0.253 e. The van der Waals surface area contributed by atoms with Crippen LogP contribution in [0.1, 0.15) is 30.1 Å². The Bertz CT molecular complexity index is 426. The molecule has 1 saturated carbocycles. The van der Waals surface area contributed by atoms with Crippen LogP contribution in [0.2, 0.25) is 0 Å². The van der Waals surface area contributed by atoms with Crippen LogP contribution in [0.25, 0.3) is 0 Å². The Morgan fingerprint density at radius 2 is 2.00 bits per heavy atom. The van der Waals surface area contributed by atoms with Gasteiger partial charge in [-0.3, -0.25) is 4.79 Å². The molecule has 0 atom stereocenters. The highest BCUT2D eigenvalue weighted by molar-refractivity contribution is 9.09. The molecular weight excluding hydrogens is 306 g/mol. The van der Waals surface area contributed by atoms with Crippen LogP contribution < -0.4 is 4.74 Å². The first-order chi connectivity index (χ1) is 9.10. The molecule has 0 radical (unpaired) electrons. The summed E-state index contributed by atoms with van der Waals surface area (Å²) in [5.74, 6) is 1.53. The Labute approximate surface area is 123 Å². The van der Waals surface area contributed by atoms with Gasteiger partial charge in [0.2, 0.25) is 0 Å². The van der Waals surface area contributed by atoms with Gasteiger partial charge in [-0.25, -0.2) is 0 Å². The van der Waals surface area contributed by atoms with E-state index in [0.717, 1.165) is 17.9 Å². The Morgan fingerprint density at radius 1 is 1.37 bits per heavy atom. The minimum Gasteiger partial charge on any atom is -0.494 e. The molecule has 3 nitrogen and oxygen atoms in total. The van der Waals surface area contributed by atoms with Gasteiger partial charge in [-0.2, -0.15) is 0 Å². The first kappa shape index (κ1) is 14.4. The highest BCUT2D eigenvalue weighted by Gasteiger charge is 2.28. The van der Waals surface area contributed by atoms with Gasteiger partial charge < -0.3 is 9.64 Å². The third kappa shape index (κ3) is 3.72. The average molecular weight is 326 g/mol. The maximum atomic E-state index is 12.2. The first-order valence-electron chi connectivity index (χ1n) is 6.72. The predicted octanol–water partition coefficient (Wildman–Crippen LogP) is 3.33. The summed E-state index contributed by atoms with van der Waals surface area (Å²) in [6, 6.07) is 7.36. The summed E-state index contributed by atoms with van der Waals surface area (Å²) in [7, 11) is 1.88. The van der Waals surface area contributed by atoms with Crippen LogP contribution in [0.3, 0.4) is 0 Å². The van der Waals surface area contributed by atoms with Crippen LogP contribution in [-0.2, 0) is 0 Å². The zero-order valence-electron chi connectivity index (χ0n) is 11.4. The quantitative estimate of drug-likeness (QED) is 0.777. The SMILES string of the molecule is CCOc1ccc(C(=O)N(C)CC2CC(Br)C2)cc1. The van der Waals surface area contributed by atoms with E-state index in [2.05, 4.69) is 15.9 Å². The molecule has 2 rings (SSSR count). The van der Waals surface area contributed by atoms with Crippen molar-refractivity contribution in [3.8, 4) is 5.75 Å². The minimum atomic E-state index is 0.0843. The second-order valence-corrected chi connectivity index (χ2v) is 6.37. The fraction of sp³-hybridized carbons (Fsp3) is 0.533. The van der Waals surface area contributed by atoms with Crippen molar-refractivity contribution < 1.29 is 9.53 Å². The van der Waals surface area contributed by atoms with E-state index in [1.165, 1.54) is 12.8 Å². The second-order valence-electron chi connectivity index (χ2n) is 5.08. The minimum absolute atomic E-state index is 0.0843. The summed E-state index contributed by atoms with van der Waals surface area (Å²) in [5.41, 5.74) is 0.723. The molecule has 1 aromatic carbocycles. The molecule has 0 heterocycles. The van der Waals surface area contributed by atoms with Crippen LogP contribution in [0.15, 0.2) is 24.3 Å². The Morgan fingerprint density at radius 3 is 2.53 bits per heavy atom. The lowest BCUT2D eigenvalue weighted by Crippen LogP contribution is -2.37. The lowest BCUT2D eigenvalue weighted by atomic mass is 9.85. The fourth-order valence-electron chi connectivity index (χ4n) is 2.35. The molecule has 1 amide bonds. The third-order valence-corrected chi connectivity index (χ3v) is 4.22. The average Bonchev–Trinajstić information content (AvgIpc) is 2.37. The van der Waals surface area contributed by atoms with Crippen molar-refractivity contribution in [3.63, 3.8) is 0 Å². The monoisotopic (exact) mass is 325 g/mol. The van der Waals surface area contributed by atoms with E-state index in [9.17, 15) is 4.79 Å². The predicted molar refractivity (Wildman–Crippen MR) is 80.0 cm³/mol. The molecule has 0 unspecified atom stereocenters. The molecule has 1 fully saturated rings. The summed E-state index contributed by atoms with van der Waals surface area (Å²) < 4.78 is 5.37. The second kappa shape index (κ2) is 6.42. The van der Waals surface area contributed by atoms with Crippen molar-refractivity contribution in [1.29, 1.82) is 0 Å². The van der Waals surface area contributed by atoms with Crippen LogP contribution in [0.4, 0.5) is 0 Å². The zero-order chi connectivity index (χ0) is 13.8. The molecule has 0 spiro atoms. The van der Waals surface area contributed by atoms with Crippen LogP contribution in [0.5, 0.6) is 5.75 Å². The van der Waals surface area contributed by atoms with E-state index < -0.39 is 0 Å². The van der Waals surface area contributed by atoms with Gasteiger partial charge in [-0.15, -0.1) is 0 Å². The van der Waals surface area contributed by atoms with Crippen molar-refractivity contribution in [3.05, 3.63) is 29.8 Å². The van der Waals surface area contributed by atoms with Crippen molar-refractivity contribution in [2.75, 3.05) is 20.2 Å². The molecule has 1 aromatic rings. The first-order valence-corrected chi connectivity index (χ1v) is 7.64. The molecule has 0 saturated heterocycles. The number of amides is 1. The number of nitrogens with zero attached hydrogens (tertiary/aromatic N) is 1. The summed E-state index contributed by atoms with van der Waals surface area (Å²) in [4.78, 5) is 14.7. The third-order valence-electron chi connectivity index (χ3n) is 3.47. The molecule has 0 bridgehead atoms. The summed E-state index contributed by atoms with van der Waals surface area (Å²) in [6.45, 7) is 3.43. The van der Waals surface area contributed by atoms with Gasteiger partial charge in [0.1, 0.15) is 5.75 Å². The van der Waals surface area contributed by atoms with E-state index in [-0.39, 0.29) is 5.91 Å². The summed E-state index contributed by atoms with van der Waals surface area (Å²) in [6.07, 6.45) is 2.34. The molecule has 1 aliphatic rings. The van der Waals surface area contributed by atoms with Crippen molar-refractivity contribution in [2.45, 2.75) is 24.6 Å². The number of halogens is 1. The van der Waals surface area contributed by atoms with Gasteiger partial charge in [0.25, 0.3) is 5.91 Å². The van der Waals surface area contributed by atoms with E-state index in [1.54, 1.807) is 0 Å². The van der Waals surface area contributed by atoms with E-state index in [0.29, 0.717) is 17.4 Å². The molecular formula is C15H20BrNO2. The molecule has 0 aromatic heterocycles. The van der Waals surface area contributed by atoms with Crippen LogP contribution in [-0.4, -0.2) is 35.8 Å². The summed E-state index contributed by atoms with van der Waals surface area (Å²) in [5, 5.41) is 0. The topological polar surface area (TPSA) is 29.5 Å². The zero-order valence-corrected chi connectivity index (χ0v) is 13.0. The largest absolute Gasteiger partial charge is 0.494 e. The number of benzene rings is 1. The highest BCUT2D eigenvalue weighted by atomic mass is 79.9. The van der Waals surface area contributed by atoms with Crippen molar-refractivity contribution in [1.82, 2.24) is 4.90 Å². The number of hydrogen-bond donors (Lipinski definition) is 0. The Balaban J connectivity index is 1.90. The van der Waals surface area contributed by atoms with Crippen LogP contribution in [0, 0.1) is 5.92 Å². The van der Waals surface area contributed by atoms with Gasteiger partial charge in [0.05, 0.1) is 6.61 Å². The van der Waals surface area contributed by atoms with Gasteiger partial charge in [0.15, 0.2) is 0 Å². The number of rotatable bonds is 5. The molecule has 0 N–H and O–H groups in total. The summed E-state index contributed by atoms with van der Waals surface area (Å²) >= 11 is 3.58. The van der Waals surface area contributed by atoms with E-state index in [1.807, 2.05) is 43.1 Å². The maximum absolute atomic E-state index is 12.2. The Hall–Kier alpha value is -1.03. The van der Waals surface area contributed by atoms with E-state index in [4.69, 9.17) is 4.74 Å². The van der Waals surface area contributed by atoms with Crippen molar-refractivity contribution in [2.24, 2.45) is 5.92 Å². The molecule has 104 valence electrons. The number of carbonyl (C=O) groups excluding carboxylic acids is 1. The van der Waals surface area contributed by atoms with Crippen LogP contribution >= 0.6 is 15.9 Å². The normalized spacial score (nSPS) is 21.6. The van der Waals surface area contributed by atoms with Crippen molar-refractivity contribution >= 4 is 21.8 Å². The maximum Gasteiger partial charge on any atom is 0.253 e. The van der Waals surface area contributed by atoms with E-state index >= 15 is 0 Å². The molecule has 19 heavy (non-hydrogen) atoms.